The molecule has 5 saturated heterocycles. The maximum absolute atomic E-state index is 8.50. The predicted octanol–water partition coefficient (Wildman–Crippen LogP) is 2.18. The molecule has 0 amide bonds. The van der Waals surface area contributed by atoms with Crippen molar-refractivity contribution < 1.29 is 42.8 Å². The van der Waals surface area contributed by atoms with E-state index in [1.807, 2.05) is 0 Å². The molecular weight excluding hydrogens is 640 g/mol. The van der Waals surface area contributed by atoms with E-state index in [-0.39, 0.29) is 17.1 Å². The van der Waals surface area contributed by atoms with Gasteiger partial charge in [-0.25, -0.2) is 0 Å². The first-order chi connectivity index (χ1) is 21.2. The first-order valence-corrected chi connectivity index (χ1v) is 19.4. The number of hydrogen-bond donors (Lipinski definition) is 8. The van der Waals surface area contributed by atoms with Crippen molar-refractivity contribution in [3.8, 4) is 0 Å². The zero-order valence-electron chi connectivity index (χ0n) is 26.0. The summed E-state index contributed by atoms with van der Waals surface area (Å²) in [5.41, 5.74) is 0. The molecule has 5 aliphatic heterocycles. The van der Waals surface area contributed by atoms with Gasteiger partial charge < -0.3 is 6.42 Å². The summed E-state index contributed by atoms with van der Waals surface area (Å²) < 4.78 is 17.0. The normalized spacial score (nSPS) is 52.5. The second-order valence-corrected chi connectivity index (χ2v) is 15.7. The average molecular weight is 695 g/mol. The molecule has 12 heteroatoms. The Bertz CT molecular complexity index is 817. The molecule has 16 atom stereocenters. The second kappa shape index (κ2) is 14.6. The van der Waals surface area contributed by atoms with Crippen LogP contribution >= 0.6 is 0 Å². The summed E-state index contributed by atoms with van der Waals surface area (Å²) in [4.78, 5) is 0. The molecule has 4 aliphatic carbocycles. The van der Waals surface area contributed by atoms with E-state index in [0.717, 1.165) is 35.5 Å². The Labute approximate surface area is 283 Å². The van der Waals surface area contributed by atoms with Crippen molar-refractivity contribution in [1.29, 1.82) is 0 Å². The van der Waals surface area contributed by atoms with Gasteiger partial charge in [-0.05, 0) is 80.0 Å². The van der Waals surface area contributed by atoms with E-state index in [0.29, 0.717) is 61.2 Å². The molecule has 8 N–H and O–H groups in total. The summed E-state index contributed by atoms with van der Waals surface area (Å²) in [6.45, 7) is 0. The van der Waals surface area contributed by atoms with Gasteiger partial charge in [-0.3, -0.25) is 42.5 Å². The summed E-state index contributed by atoms with van der Waals surface area (Å²) in [6.07, 6.45) is 26.4. The van der Waals surface area contributed by atoms with E-state index in [9.17, 15) is 0 Å². The third-order valence-electron chi connectivity index (χ3n) is 13.6. The van der Waals surface area contributed by atoms with Gasteiger partial charge in [-0.15, -0.1) is 5.92 Å². The quantitative estimate of drug-likeness (QED) is 0.141. The average Bonchev–Trinajstić information content (AvgIpc) is 3.77. The molecule has 251 valence electrons. The van der Waals surface area contributed by atoms with Crippen molar-refractivity contribution in [2.24, 2.45) is 47.3 Å². The van der Waals surface area contributed by atoms with Crippen LogP contribution in [0, 0.1) is 53.8 Å². The van der Waals surface area contributed by atoms with Crippen molar-refractivity contribution in [1.82, 2.24) is 42.5 Å². The zero-order chi connectivity index (χ0) is 28.9. The molecule has 9 rings (SSSR count). The molecule has 0 spiro atoms. The molecule has 0 aromatic carbocycles. The SMILES string of the molecule is [CH-]1CCCC2C3NC(NC4NC(NC5NC(NC6NC(N3)C3CCCCC63)C3CCCCC53)C3CCCCC43)C12.[Cu].[O]=[Ti]=[O]. The van der Waals surface area contributed by atoms with Gasteiger partial charge in [0.05, 0.1) is 43.2 Å². The number of rotatable bonds is 0. The van der Waals surface area contributed by atoms with Crippen molar-refractivity contribution >= 4 is 0 Å². The van der Waals surface area contributed by atoms with Crippen molar-refractivity contribution in [2.45, 2.75) is 146 Å². The van der Waals surface area contributed by atoms with E-state index in [4.69, 9.17) is 6.65 Å². The van der Waals surface area contributed by atoms with Gasteiger partial charge >= 0.3 is 25.7 Å². The molecule has 16 unspecified atom stereocenters. The summed E-state index contributed by atoms with van der Waals surface area (Å²) >= 11 is -2.00. The van der Waals surface area contributed by atoms with Crippen LogP contribution in [0.5, 0.6) is 0 Å². The molecule has 8 bridgehead atoms. The summed E-state index contributed by atoms with van der Waals surface area (Å²) in [5, 5.41) is 33.7. The van der Waals surface area contributed by atoms with E-state index in [2.05, 4.69) is 49.0 Å². The van der Waals surface area contributed by atoms with Gasteiger partial charge in [-0.2, -0.15) is 6.42 Å². The minimum atomic E-state index is -2.00. The van der Waals surface area contributed by atoms with Crippen LogP contribution in [0.1, 0.15) is 96.3 Å². The monoisotopic (exact) mass is 694 g/mol. The Morgan fingerprint density at radius 3 is 0.955 bits per heavy atom. The fourth-order valence-corrected chi connectivity index (χ4v) is 11.7. The molecular formula is C32H55CuN8O2Ti-. The predicted molar refractivity (Wildman–Crippen MR) is 158 cm³/mol. The zero-order valence-corrected chi connectivity index (χ0v) is 28.5. The first-order valence-electron chi connectivity index (χ1n) is 18.1. The molecule has 44 heavy (non-hydrogen) atoms. The summed E-state index contributed by atoms with van der Waals surface area (Å²) in [5.74, 6) is 5.74. The Morgan fingerprint density at radius 1 is 0.386 bits per heavy atom. The summed E-state index contributed by atoms with van der Waals surface area (Å²) in [7, 11) is 0. The van der Waals surface area contributed by atoms with Crippen molar-refractivity contribution in [2.75, 3.05) is 0 Å². The third-order valence-corrected chi connectivity index (χ3v) is 13.6. The van der Waals surface area contributed by atoms with Crippen LogP contribution in [0.4, 0.5) is 0 Å². The Morgan fingerprint density at radius 2 is 0.636 bits per heavy atom. The van der Waals surface area contributed by atoms with E-state index < -0.39 is 19.1 Å². The molecule has 0 aromatic rings. The van der Waals surface area contributed by atoms with Gasteiger partial charge in [-0.1, -0.05) is 51.4 Å². The Hall–Kier alpha value is 0.514. The first kappa shape index (κ1) is 33.0. The molecule has 4 saturated carbocycles. The molecule has 1 radical (unpaired) electrons. The Balaban J connectivity index is 0.000000753. The van der Waals surface area contributed by atoms with Gasteiger partial charge in [0.1, 0.15) is 0 Å². The van der Waals surface area contributed by atoms with Gasteiger partial charge in [0.2, 0.25) is 0 Å². The fraction of sp³-hybridized carbons (Fsp3) is 0.969. The molecule has 10 nitrogen and oxygen atoms in total. The van der Waals surface area contributed by atoms with E-state index >= 15 is 0 Å². The molecule has 5 heterocycles. The van der Waals surface area contributed by atoms with Gasteiger partial charge in [0.25, 0.3) is 0 Å². The maximum atomic E-state index is 8.50. The van der Waals surface area contributed by atoms with Crippen LogP contribution in [-0.2, 0) is 42.8 Å². The van der Waals surface area contributed by atoms with Crippen LogP contribution in [0.2, 0.25) is 0 Å². The van der Waals surface area contributed by atoms with Crippen molar-refractivity contribution in [3.63, 3.8) is 0 Å². The minimum absolute atomic E-state index is 0. The second-order valence-electron chi connectivity index (χ2n) is 15.5. The van der Waals surface area contributed by atoms with Crippen molar-refractivity contribution in [3.05, 3.63) is 6.42 Å². The molecule has 0 aromatic heterocycles. The van der Waals surface area contributed by atoms with E-state index in [1.54, 1.807) is 0 Å². The number of nitrogens with one attached hydrogen (secondary N) is 8. The summed E-state index contributed by atoms with van der Waals surface area (Å²) in [6, 6.07) is 0. The molecule has 9 fully saturated rings. The Kier molecular flexibility index (Phi) is 10.9. The van der Waals surface area contributed by atoms with Crippen LogP contribution in [0.3, 0.4) is 0 Å². The van der Waals surface area contributed by atoms with E-state index in [1.165, 1.54) is 96.3 Å². The van der Waals surface area contributed by atoms with Crippen LogP contribution in [0.15, 0.2) is 0 Å². The molecule has 9 aliphatic rings. The standard InChI is InChI=1S/C32H55N8.Cu.2O.Ti/c1-2-10-18-17(9-1)25-33-26(18)38-28-21-13-5-6-14-22(21)30(35-28)40-32-24-16-8-7-15-23(24)31(36-32)39-29-20-12-4-3-11-19(20)27(34-29)37-25;;;;/h9,17-40H,1-8,10-16H2;;;;/q-1;;;;. The fourth-order valence-electron chi connectivity index (χ4n) is 11.7. The van der Waals surface area contributed by atoms with Crippen LogP contribution in [-0.4, -0.2) is 49.3 Å². The van der Waals surface area contributed by atoms with Crippen LogP contribution in [0.25, 0.3) is 0 Å². The number of fused-ring (bicyclic) bond motifs is 20. The van der Waals surface area contributed by atoms with Crippen LogP contribution < -0.4 is 42.5 Å². The topological polar surface area (TPSA) is 130 Å². The van der Waals surface area contributed by atoms with Gasteiger partial charge in [0, 0.05) is 23.2 Å². The van der Waals surface area contributed by atoms with Gasteiger partial charge in [0.15, 0.2) is 0 Å². The number of hydrogen-bond acceptors (Lipinski definition) is 10. The third kappa shape index (κ3) is 6.22.